The molecule has 0 bridgehead atoms. The van der Waals surface area contributed by atoms with Crippen LogP contribution in [0.15, 0.2) is 40.5 Å². The second-order valence-corrected chi connectivity index (χ2v) is 8.52. The molecule has 0 spiro atoms. The van der Waals surface area contributed by atoms with Crippen molar-refractivity contribution in [3.8, 4) is 5.75 Å². The highest BCUT2D eigenvalue weighted by Crippen LogP contribution is 2.30. The van der Waals surface area contributed by atoms with Gasteiger partial charge in [0.1, 0.15) is 12.4 Å². The monoisotopic (exact) mass is 413 g/mol. The molecule has 4 rings (SSSR count). The van der Waals surface area contributed by atoms with Gasteiger partial charge in [0.25, 0.3) is 5.91 Å². The molecule has 28 heavy (non-hydrogen) atoms. The van der Waals surface area contributed by atoms with E-state index in [0.29, 0.717) is 18.1 Å². The van der Waals surface area contributed by atoms with E-state index in [4.69, 9.17) is 9.72 Å². The number of aromatic nitrogens is 2. The van der Waals surface area contributed by atoms with Crippen LogP contribution in [0.4, 0.5) is 0 Å². The van der Waals surface area contributed by atoms with Gasteiger partial charge in [0.2, 0.25) is 0 Å². The molecule has 5 nitrogen and oxygen atoms in total. The van der Waals surface area contributed by atoms with E-state index in [0.717, 1.165) is 49.5 Å². The molecule has 1 unspecified atom stereocenters. The molecule has 1 fully saturated rings. The number of likely N-dealkylation sites (tertiary alicyclic amines) is 1. The van der Waals surface area contributed by atoms with Crippen molar-refractivity contribution in [2.24, 2.45) is 0 Å². The van der Waals surface area contributed by atoms with Gasteiger partial charge < -0.3 is 9.64 Å². The van der Waals surface area contributed by atoms with E-state index in [9.17, 15) is 4.79 Å². The summed E-state index contributed by atoms with van der Waals surface area (Å²) in [6, 6.07) is 7.41. The minimum Gasteiger partial charge on any atom is -0.487 e. The second-order valence-electron chi connectivity index (χ2n) is 6.91. The van der Waals surface area contributed by atoms with Crippen LogP contribution < -0.4 is 4.74 Å². The normalized spacial score (nSPS) is 16.9. The SMILES string of the molecule is CCc1csc(C2CCCN(C(=O)c3ccc(OCc4cscn4)cc3)C2)n1. The maximum absolute atomic E-state index is 13.0. The fraction of sp³-hybridized carbons (Fsp3) is 0.381. The van der Waals surface area contributed by atoms with Gasteiger partial charge >= 0.3 is 0 Å². The molecule has 0 saturated carbocycles. The molecule has 2 aromatic heterocycles. The third-order valence-corrected chi connectivity index (χ3v) is 6.65. The standard InChI is InChI=1S/C21H23N3O2S2/c1-2-17-13-28-20(23-17)16-4-3-9-24(10-16)21(25)15-5-7-19(8-6-15)26-11-18-12-27-14-22-18/h5-8,12-14,16H,2-4,9-11H2,1H3. The largest absolute Gasteiger partial charge is 0.487 e. The second kappa shape index (κ2) is 8.84. The van der Waals surface area contributed by atoms with Crippen molar-refractivity contribution in [2.45, 2.75) is 38.7 Å². The lowest BCUT2D eigenvalue weighted by atomic mass is 9.98. The third-order valence-electron chi connectivity index (χ3n) is 4.96. The van der Waals surface area contributed by atoms with Gasteiger partial charge in [-0.2, -0.15) is 0 Å². The van der Waals surface area contributed by atoms with Crippen LogP contribution in [0.1, 0.15) is 52.4 Å². The number of carbonyl (C=O) groups excluding carboxylic acids is 1. The number of thiazole rings is 2. The van der Waals surface area contributed by atoms with Crippen LogP contribution in [0.25, 0.3) is 0 Å². The Labute approximate surface area is 173 Å². The Balaban J connectivity index is 1.37. The Bertz CT molecular complexity index is 906. The lowest BCUT2D eigenvalue weighted by molar-refractivity contribution is 0.0707. The van der Waals surface area contributed by atoms with Crippen molar-refractivity contribution in [2.75, 3.05) is 13.1 Å². The number of hydrogen-bond donors (Lipinski definition) is 0. The molecule has 146 valence electrons. The van der Waals surface area contributed by atoms with Gasteiger partial charge in [-0.05, 0) is 43.5 Å². The molecule has 0 aliphatic carbocycles. The van der Waals surface area contributed by atoms with Crippen molar-refractivity contribution in [1.29, 1.82) is 0 Å². The molecule has 0 N–H and O–H groups in total. The summed E-state index contributed by atoms with van der Waals surface area (Å²) in [4.78, 5) is 23.9. The molecule has 3 aromatic rings. The first-order chi connectivity index (χ1) is 13.7. The van der Waals surface area contributed by atoms with E-state index in [-0.39, 0.29) is 5.91 Å². The summed E-state index contributed by atoms with van der Waals surface area (Å²) in [5.41, 5.74) is 4.56. The van der Waals surface area contributed by atoms with Crippen molar-refractivity contribution < 1.29 is 9.53 Å². The van der Waals surface area contributed by atoms with E-state index in [2.05, 4.69) is 17.3 Å². The van der Waals surface area contributed by atoms with Crippen molar-refractivity contribution in [3.63, 3.8) is 0 Å². The summed E-state index contributed by atoms with van der Waals surface area (Å²) in [5, 5.41) is 5.27. The Morgan fingerprint density at radius 1 is 1.25 bits per heavy atom. The number of rotatable bonds is 6. The Morgan fingerprint density at radius 3 is 2.82 bits per heavy atom. The fourth-order valence-electron chi connectivity index (χ4n) is 3.38. The molecular weight excluding hydrogens is 390 g/mol. The van der Waals surface area contributed by atoms with Crippen LogP contribution in [0, 0.1) is 0 Å². The quantitative estimate of drug-likeness (QED) is 0.585. The lowest BCUT2D eigenvalue weighted by Crippen LogP contribution is -2.39. The summed E-state index contributed by atoms with van der Waals surface area (Å²) >= 11 is 3.28. The molecule has 1 atom stereocenters. The van der Waals surface area contributed by atoms with Gasteiger partial charge in [0.15, 0.2) is 0 Å². The Kier molecular flexibility index (Phi) is 6.02. The van der Waals surface area contributed by atoms with Gasteiger partial charge in [0.05, 0.1) is 21.9 Å². The van der Waals surface area contributed by atoms with Crippen molar-refractivity contribution in [1.82, 2.24) is 14.9 Å². The summed E-state index contributed by atoms with van der Waals surface area (Å²) in [7, 11) is 0. The predicted octanol–water partition coefficient (Wildman–Crippen LogP) is 4.76. The Hall–Kier alpha value is -2.25. The summed E-state index contributed by atoms with van der Waals surface area (Å²) < 4.78 is 5.73. The number of aryl methyl sites for hydroxylation is 1. The number of carbonyl (C=O) groups is 1. The predicted molar refractivity (Wildman–Crippen MR) is 112 cm³/mol. The topological polar surface area (TPSA) is 55.3 Å². The van der Waals surface area contributed by atoms with E-state index in [1.54, 1.807) is 28.2 Å². The van der Waals surface area contributed by atoms with E-state index in [1.807, 2.05) is 34.5 Å². The highest BCUT2D eigenvalue weighted by molar-refractivity contribution is 7.09. The fourth-order valence-corrected chi connectivity index (χ4v) is 4.95. The van der Waals surface area contributed by atoms with Gasteiger partial charge in [-0.1, -0.05) is 6.92 Å². The molecule has 1 aliphatic heterocycles. The zero-order chi connectivity index (χ0) is 19.3. The molecule has 0 radical (unpaired) electrons. The highest BCUT2D eigenvalue weighted by atomic mass is 32.1. The number of hydrogen-bond acceptors (Lipinski definition) is 6. The highest BCUT2D eigenvalue weighted by Gasteiger charge is 2.27. The zero-order valence-corrected chi connectivity index (χ0v) is 17.5. The Morgan fingerprint density at radius 2 is 2.11 bits per heavy atom. The van der Waals surface area contributed by atoms with E-state index < -0.39 is 0 Å². The van der Waals surface area contributed by atoms with Gasteiger partial charge in [0, 0.05) is 35.3 Å². The minimum atomic E-state index is 0.0861. The first kappa shape index (κ1) is 19.1. The van der Waals surface area contributed by atoms with Crippen LogP contribution in [0.2, 0.25) is 0 Å². The van der Waals surface area contributed by atoms with Crippen LogP contribution in [-0.4, -0.2) is 33.9 Å². The number of amides is 1. The number of nitrogens with zero attached hydrogens (tertiary/aromatic N) is 3. The maximum atomic E-state index is 13.0. The molecule has 1 amide bonds. The first-order valence-electron chi connectivity index (χ1n) is 9.56. The molecule has 7 heteroatoms. The van der Waals surface area contributed by atoms with Crippen molar-refractivity contribution in [3.05, 3.63) is 62.5 Å². The molecule has 3 heterocycles. The molecule has 1 aromatic carbocycles. The molecule has 1 saturated heterocycles. The summed E-state index contributed by atoms with van der Waals surface area (Å²) in [6.07, 6.45) is 3.08. The van der Waals surface area contributed by atoms with Crippen LogP contribution >= 0.6 is 22.7 Å². The van der Waals surface area contributed by atoms with Crippen LogP contribution in [0.5, 0.6) is 5.75 Å². The van der Waals surface area contributed by atoms with E-state index >= 15 is 0 Å². The first-order valence-corrected chi connectivity index (χ1v) is 11.4. The van der Waals surface area contributed by atoms with Crippen LogP contribution in [0.3, 0.4) is 0 Å². The average molecular weight is 414 g/mol. The smallest absolute Gasteiger partial charge is 0.253 e. The average Bonchev–Trinajstić information content (AvgIpc) is 3.44. The maximum Gasteiger partial charge on any atom is 0.253 e. The number of ether oxygens (including phenoxy) is 1. The zero-order valence-electron chi connectivity index (χ0n) is 15.8. The lowest BCUT2D eigenvalue weighted by Gasteiger charge is -2.32. The summed E-state index contributed by atoms with van der Waals surface area (Å²) in [5.74, 6) is 1.18. The molecular formula is C21H23N3O2S2. The molecule has 1 aliphatic rings. The third kappa shape index (κ3) is 4.42. The van der Waals surface area contributed by atoms with E-state index in [1.165, 1.54) is 5.01 Å². The van der Waals surface area contributed by atoms with Crippen LogP contribution in [-0.2, 0) is 13.0 Å². The summed E-state index contributed by atoms with van der Waals surface area (Å²) in [6.45, 7) is 4.12. The van der Waals surface area contributed by atoms with Gasteiger partial charge in [-0.25, -0.2) is 9.97 Å². The van der Waals surface area contributed by atoms with Crippen molar-refractivity contribution >= 4 is 28.6 Å². The number of piperidine rings is 1. The number of benzene rings is 1. The van der Waals surface area contributed by atoms with Gasteiger partial charge in [-0.3, -0.25) is 4.79 Å². The minimum absolute atomic E-state index is 0.0861. The van der Waals surface area contributed by atoms with Gasteiger partial charge in [-0.15, -0.1) is 22.7 Å².